The Morgan fingerprint density at radius 2 is 2.18 bits per heavy atom. The molecule has 2 N–H and O–H groups in total. The lowest BCUT2D eigenvalue weighted by Gasteiger charge is -2.19. The van der Waals surface area contributed by atoms with Crippen molar-refractivity contribution in [2.24, 2.45) is 5.73 Å². The fraction of sp³-hybridized carbons (Fsp3) is 0.467. The molecular formula is C15H19NO. The molecule has 0 radical (unpaired) electrons. The molecule has 90 valence electrons. The van der Waals surface area contributed by atoms with Crippen LogP contribution in [0.15, 0.2) is 30.4 Å². The van der Waals surface area contributed by atoms with Gasteiger partial charge in [0.05, 0.1) is 0 Å². The van der Waals surface area contributed by atoms with Crippen LogP contribution in [0.4, 0.5) is 0 Å². The van der Waals surface area contributed by atoms with Crippen molar-refractivity contribution in [3.63, 3.8) is 0 Å². The highest BCUT2D eigenvalue weighted by Crippen LogP contribution is 2.32. The molecule has 1 aromatic rings. The predicted octanol–water partition coefficient (Wildman–Crippen LogP) is 3.12. The van der Waals surface area contributed by atoms with E-state index in [1.54, 1.807) is 0 Å². The summed E-state index contributed by atoms with van der Waals surface area (Å²) < 4.78 is 5.99. The summed E-state index contributed by atoms with van der Waals surface area (Å²) in [6.07, 6.45) is 10.4. The molecule has 17 heavy (non-hydrogen) atoms. The van der Waals surface area contributed by atoms with E-state index in [0.717, 1.165) is 25.0 Å². The Morgan fingerprint density at radius 1 is 1.24 bits per heavy atom. The molecule has 0 aliphatic heterocycles. The van der Waals surface area contributed by atoms with Gasteiger partial charge in [0, 0.05) is 6.04 Å². The first-order valence-corrected chi connectivity index (χ1v) is 6.54. The lowest BCUT2D eigenvalue weighted by atomic mass is 10.0. The van der Waals surface area contributed by atoms with Crippen molar-refractivity contribution in [3.05, 3.63) is 41.5 Å². The Balaban J connectivity index is 1.76. The van der Waals surface area contributed by atoms with Crippen molar-refractivity contribution < 1.29 is 4.74 Å². The third-order valence-corrected chi connectivity index (χ3v) is 3.74. The van der Waals surface area contributed by atoms with Gasteiger partial charge in [-0.2, -0.15) is 0 Å². The molecule has 0 saturated carbocycles. The van der Waals surface area contributed by atoms with E-state index in [-0.39, 0.29) is 12.1 Å². The predicted molar refractivity (Wildman–Crippen MR) is 69.1 cm³/mol. The summed E-state index contributed by atoms with van der Waals surface area (Å²) in [6, 6.07) is 6.60. The largest absolute Gasteiger partial charge is 0.486 e. The van der Waals surface area contributed by atoms with Gasteiger partial charge in [-0.05, 0) is 61.4 Å². The van der Waals surface area contributed by atoms with Crippen LogP contribution in [0.3, 0.4) is 0 Å². The van der Waals surface area contributed by atoms with Crippen LogP contribution in [0.25, 0.3) is 0 Å². The molecule has 2 aliphatic carbocycles. The van der Waals surface area contributed by atoms with Gasteiger partial charge in [-0.15, -0.1) is 0 Å². The molecule has 1 aromatic carbocycles. The van der Waals surface area contributed by atoms with Gasteiger partial charge in [0.15, 0.2) is 0 Å². The third kappa shape index (κ3) is 2.22. The molecule has 2 atom stereocenters. The van der Waals surface area contributed by atoms with E-state index < -0.39 is 0 Å². The molecule has 3 rings (SSSR count). The maximum absolute atomic E-state index is 6.03. The fourth-order valence-electron chi connectivity index (χ4n) is 2.75. The first-order valence-electron chi connectivity index (χ1n) is 6.54. The van der Waals surface area contributed by atoms with Crippen LogP contribution < -0.4 is 10.5 Å². The summed E-state index contributed by atoms with van der Waals surface area (Å²) in [5.41, 5.74) is 8.70. The van der Waals surface area contributed by atoms with Crippen molar-refractivity contribution in [1.82, 2.24) is 0 Å². The Morgan fingerprint density at radius 3 is 3.00 bits per heavy atom. The Labute approximate surface area is 102 Å². The summed E-state index contributed by atoms with van der Waals surface area (Å²) in [4.78, 5) is 0. The molecule has 0 aromatic heterocycles. The number of aryl methyl sites for hydroxylation is 1. The summed E-state index contributed by atoms with van der Waals surface area (Å²) in [5, 5.41) is 0. The van der Waals surface area contributed by atoms with E-state index >= 15 is 0 Å². The Bertz CT molecular complexity index is 439. The highest BCUT2D eigenvalue weighted by molar-refractivity contribution is 5.40. The second kappa shape index (κ2) is 4.53. The second-order valence-corrected chi connectivity index (χ2v) is 5.02. The normalized spacial score (nSPS) is 26.9. The van der Waals surface area contributed by atoms with Crippen LogP contribution in [0, 0.1) is 0 Å². The molecule has 0 amide bonds. The van der Waals surface area contributed by atoms with Gasteiger partial charge in [-0.1, -0.05) is 12.1 Å². The Kier molecular flexibility index (Phi) is 2.89. The van der Waals surface area contributed by atoms with E-state index in [1.807, 2.05) is 0 Å². The number of benzene rings is 1. The number of rotatable bonds is 2. The van der Waals surface area contributed by atoms with Gasteiger partial charge in [0.1, 0.15) is 11.9 Å². The van der Waals surface area contributed by atoms with Crippen molar-refractivity contribution in [2.45, 2.75) is 44.2 Å². The second-order valence-electron chi connectivity index (χ2n) is 5.02. The lowest BCUT2D eigenvalue weighted by Crippen LogP contribution is -2.15. The lowest BCUT2D eigenvalue weighted by molar-refractivity contribution is 0.230. The molecule has 1 unspecified atom stereocenters. The summed E-state index contributed by atoms with van der Waals surface area (Å²) in [7, 11) is 0. The van der Waals surface area contributed by atoms with Gasteiger partial charge in [0.25, 0.3) is 0 Å². The number of fused-ring (bicyclic) bond motifs is 1. The van der Waals surface area contributed by atoms with Gasteiger partial charge in [-0.25, -0.2) is 0 Å². The molecule has 2 aliphatic rings. The monoisotopic (exact) mass is 229 g/mol. The average Bonchev–Trinajstić information content (AvgIpc) is 2.72. The van der Waals surface area contributed by atoms with E-state index in [4.69, 9.17) is 10.5 Å². The molecule has 0 bridgehead atoms. The van der Waals surface area contributed by atoms with Crippen LogP contribution in [-0.2, 0) is 6.42 Å². The summed E-state index contributed by atoms with van der Waals surface area (Å²) in [6.45, 7) is 0. The molecule has 0 fully saturated rings. The number of hydrogen-bond donors (Lipinski definition) is 1. The molecule has 0 spiro atoms. The average molecular weight is 229 g/mol. The topological polar surface area (TPSA) is 35.2 Å². The zero-order valence-electron chi connectivity index (χ0n) is 10.1. The Hall–Kier alpha value is -1.28. The molecule has 0 heterocycles. The van der Waals surface area contributed by atoms with Gasteiger partial charge >= 0.3 is 0 Å². The minimum absolute atomic E-state index is 0.230. The SMILES string of the molecule is N[C@@H]1CCc2cc(OC3C=CCCC3)ccc21. The van der Waals surface area contributed by atoms with Crippen molar-refractivity contribution in [2.75, 3.05) is 0 Å². The number of nitrogens with two attached hydrogens (primary N) is 1. The molecular weight excluding hydrogens is 210 g/mol. The van der Waals surface area contributed by atoms with E-state index in [0.29, 0.717) is 0 Å². The number of ether oxygens (including phenoxy) is 1. The zero-order chi connectivity index (χ0) is 11.7. The van der Waals surface area contributed by atoms with E-state index in [1.165, 1.54) is 24.0 Å². The third-order valence-electron chi connectivity index (χ3n) is 3.74. The highest BCUT2D eigenvalue weighted by Gasteiger charge is 2.19. The van der Waals surface area contributed by atoms with Crippen LogP contribution in [0.1, 0.15) is 42.9 Å². The minimum Gasteiger partial charge on any atom is -0.486 e. The van der Waals surface area contributed by atoms with Crippen LogP contribution in [-0.4, -0.2) is 6.10 Å². The first-order chi connectivity index (χ1) is 8.33. The van der Waals surface area contributed by atoms with E-state index in [9.17, 15) is 0 Å². The van der Waals surface area contributed by atoms with Gasteiger partial charge in [-0.3, -0.25) is 0 Å². The first kappa shape index (κ1) is 10.8. The van der Waals surface area contributed by atoms with Crippen molar-refractivity contribution in [1.29, 1.82) is 0 Å². The summed E-state index contributed by atoms with van der Waals surface area (Å²) >= 11 is 0. The van der Waals surface area contributed by atoms with Crippen LogP contribution in [0.5, 0.6) is 5.75 Å². The van der Waals surface area contributed by atoms with Gasteiger partial charge < -0.3 is 10.5 Å². The van der Waals surface area contributed by atoms with Crippen LogP contribution in [0.2, 0.25) is 0 Å². The fourth-order valence-corrected chi connectivity index (χ4v) is 2.75. The van der Waals surface area contributed by atoms with Crippen LogP contribution >= 0.6 is 0 Å². The highest BCUT2D eigenvalue weighted by atomic mass is 16.5. The minimum atomic E-state index is 0.230. The smallest absolute Gasteiger partial charge is 0.120 e. The van der Waals surface area contributed by atoms with E-state index in [2.05, 4.69) is 30.4 Å². The van der Waals surface area contributed by atoms with Crippen molar-refractivity contribution >= 4 is 0 Å². The molecule has 2 nitrogen and oxygen atoms in total. The maximum atomic E-state index is 6.03. The maximum Gasteiger partial charge on any atom is 0.120 e. The number of hydrogen-bond acceptors (Lipinski definition) is 2. The number of allylic oxidation sites excluding steroid dienone is 1. The standard InChI is InChI=1S/C15H19NO/c16-15-9-6-11-10-13(7-8-14(11)15)17-12-4-2-1-3-5-12/h2,4,7-8,10,12,15H,1,3,5-6,9,16H2/t12?,15-/m1/s1. The van der Waals surface area contributed by atoms with Crippen molar-refractivity contribution in [3.8, 4) is 5.75 Å². The molecule has 2 heteroatoms. The summed E-state index contributed by atoms with van der Waals surface area (Å²) in [5.74, 6) is 0.995. The molecule has 0 saturated heterocycles. The zero-order valence-corrected chi connectivity index (χ0v) is 10.1. The van der Waals surface area contributed by atoms with Gasteiger partial charge in [0.2, 0.25) is 0 Å². The quantitative estimate of drug-likeness (QED) is 0.791.